The topological polar surface area (TPSA) is 95.9 Å². The fourth-order valence-corrected chi connectivity index (χ4v) is 2.38. The summed E-state index contributed by atoms with van der Waals surface area (Å²) in [6.07, 6.45) is 0. The van der Waals surface area contributed by atoms with E-state index in [9.17, 15) is 19.5 Å². The van der Waals surface area contributed by atoms with Crippen molar-refractivity contribution in [1.29, 1.82) is 0 Å². The summed E-state index contributed by atoms with van der Waals surface area (Å²) in [4.78, 5) is 36.2. The van der Waals surface area contributed by atoms with Crippen molar-refractivity contribution in [2.45, 2.75) is 0 Å². The van der Waals surface area contributed by atoms with E-state index in [1.165, 1.54) is 12.1 Å². The number of carbonyl (C=O) groups is 3. The molecule has 0 radical (unpaired) electrons. The third-order valence-corrected chi connectivity index (χ3v) is 3.57. The largest absolute Gasteiger partial charge is 0.507 e. The van der Waals surface area contributed by atoms with Crippen LogP contribution in [0.15, 0.2) is 36.4 Å². The van der Waals surface area contributed by atoms with Crippen LogP contribution in [0.25, 0.3) is 10.8 Å². The number of ether oxygens (including phenoxy) is 1. The van der Waals surface area contributed by atoms with Crippen LogP contribution in [0.2, 0.25) is 0 Å². The van der Waals surface area contributed by atoms with E-state index in [-0.39, 0.29) is 17.9 Å². The van der Waals surface area contributed by atoms with Gasteiger partial charge in [-0.3, -0.25) is 9.69 Å². The first-order valence-electron chi connectivity index (χ1n) is 7.03. The van der Waals surface area contributed by atoms with Crippen molar-refractivity contribution in [3.8, 4) is 5.75 Å². The first kappa shape index (κ1) is 14.8. The highest BCUT2D eigenvalue weighted by atomic mass is 16.5. The third-order valence-electron chi connectivity index (χ3n) is 3.57. The Morgan fingerprint density at radius 1 is 1.22 bits per heavy atom. The quantitative estimate of drug-likeness (QED) is 0.831. The van der Waals surface area contributed by atoms with Gasteiger partial charge in [0.1, 0.15) is 11.3 Å². The van der Waals surface area contributed by atoms with Gasteiger partial charge in [0.15, 0.2) is 6.61 Å². The minimum Gasteiger partial charge on any atom is -0.507 e. The standard InChI is InChI=1S/C16H14N2O5/c19-13-8-11-4-2-1-3-10(11)7-12(13)15(21)23-9-14(20)18-6-5-17-16(18)22/h1-4,7-8,19H,5-6,9H2,(H,17,22). The zero-order valence-corrected chi connectivity index (χ0v) is 12.1. The predicted octanol–water partition coefficient (Wildman–Crippen LogP) is 1.25. The molecule has 0 saturated carbocycles. The Hall–Kier alpha value is -3.09. The molecule has 2 N–H and O–H groups in total. The van der Waals surface area contributed by atoms with Crippen molar-refractivity contribution < 1.29 is 24.2 Å². The molecule has 2 aromatic carbocycles. The van der Waals surface area contributed by atoms with Gasteiger partial charge in [0.2, 0.25) is 0 Å². The van der Waals surface area contributed by atoms with Crippen LogP contribution in [0.4, 0.5) is 4.79 Å². The molecule has 3 amide bonds. The van der Waals surface area contributed by atoms with Crippen LogP contribution in [0.3, 0.4) is 0 Å². The number of fused-ring (bicyclic) bond motifs is 1. The number of benzene rings is 2. The number of phenols is 1. The van der Waals surface area contributed by atoms with Gasteiger partial charge in [-0.1, -0.05) is 24.3 Å². The number of hydrogen-bond donors (Lipinski definition) is 2. The number of amides is 3. The summed E-state index contributed by atoms with van der Waals surface area (Å²) in [7, 11) is 0. The van der Waals surface area contributed by atoms with Crippen molar-refractivity contribution in [3.05, 3.63) is 42.0 Å². The Kier molecular flexibility index (Phi) is 3.84. The number of rotatable bonds is 3. The van der Waals surface area contributed by atoms with Crippen LogP contribution in [-0.4, -0.2) is 47.6 Å². The van der Waals surface area contributed by atoms with Gasteiger partial charge >= 0.3 is 12.0 Å². The first-order valence-corrected chi connectivity index (χ1v) is 7.03. The van der Waals surface area contributed by atoms with Crippen molar-refractivity contribution in [1.82, 2.24) is 10.2 Å². The van der Waals surface area contributed by atoms with Crippen LogP contribution < -0.4 is 5.32 Å². The maximum atomic E-state index is 12.1. The maximum Gasteiger partial charge on any atom is 0.342 e. The first-order chi connectivity index (χ1) is 11.1. The van der Waals surface area contributed by atoms with Gasteiger partial charge in [0.25, 0.3) is 5.91 Å². The van der Waals surface area contributed by atoms with E-state index in [1.54, 1.807) is 12.1 Å². The van der Waals surface area contributed by atoms with Gasteiger partial charge in [-0.2, -0.15) is 0 Å². The minimum absolute atomic E-state index is 0.0256. The molecule has 0 bridgehead atoms. The van der Waals surface area contributed by atoms with Crippen molar-refractivity contribution in [2.75, 3.05) is 19.7 Å². The fourth-order valence-electron chi connectivity index (χ4n) is 2.38. The van der Waals surface area contributed by atoms with E-state index in [0.29, 0.717) is 6.54 Å². The van der Waals surface area contributed by atoms with Crippen molar-refractivity contribution in [3.63, 3.8) is 0 Å². The fraction of sp³-hybridized carbons (Fsp3) is 0.188. The predicted molar refractivity (Wildman–Crippen MR) is 81.0 cm³/mol. The molecule has 0 unspecified atom stereocenters. The lowest BCUT2D eigenvalue weighted by Gasteiger charge is -2.12. The number of nitrogens with zero attached hydrogens (tertiary/aromatic N) is 1. The van der Waals surface area contributed by atoms with Crippen LogP contribution in [0.5, 0.6) is 5.75 Å². The number of nitrogens with one attached hydrogen (secondary N) is 1. The van der Waals surface area contributed by atoms with E-state index in [4.69, 9.17) is 4.74 Å². The average Bonchev–Trinajstić information content (AvgIpc) is 2.97. The maximum absolute atomic E-state index is 12.1. The summed E-state index contributed by atoms with van der Waals surface area (Å²) in [5.41, 5.74) is -0.0256. The molecule has 1 saturated heterocycles. The molecular formula is C16H14N2O5. The number of esters is 1. The van der Waals surface area contributed by atoms with Crippen LogP contribution in [0.1, 0.15) is 10.4 Å². The Morgan fingerprint density at radius 3 is 2.57 bits per heavy atom. The molecule has 0 aromatic heterocycles. The SMILES string of the molecule is O=C(OCC(=O)N1CCNC1=O)c1cc2ccccc2cc1O. The molecule has 118 valence electrons. The van der Waals surface area contributed by atoms with E-state index in [0.717, 1.165) is 15.7 Å². The smallest absolute Gasteiger partial charge is 0.342 e. The van der Waals surface area contributed by atoms with Gasteiger partial charge in [0, 0.05) is 13.1 Å². The van der Waals surface area contributed by atoms with Gasteiger partial charge in [-0.05, 0) is 22.9 Å². The lowest BCUT2D eigenvalue weighted by atomic mass is 10.1. The summed E-state index contributed by atoms with van der Waals surface area (Å²) in [5.74, 6) is -1.64. The van der Waals surface area contributed by atoms with E-state index in [1.807, 2.05) is 12.1 Å². The molecule has 0 atom stereocenters. The molecule has 1 heterocycles. The molecule has 0 aliphatic carbocycles. The highest BCUT2D eigenvalue weighted by Gasteiger charge is 2.27. The third kappa shape index (κ3) is 2.94. The van der Waals surface area contributed by atoms with Crippen molar-refractivity contribution >= 4 is 28.7 Å². The zero-order chi connectivity index (χ0) is 16.4. The summed E-state index contributed by atoms with van der Waals surface area (Å²) in [6, 6.07) is 9.69. The highest BCUT2D eigenvalue weighted by molar-refractivity contribution is 6.01. The summed E-state index contributed by atoms with van der Waals surface area (Å²) in [5, 5.41) is 14.0. The second-order valence-electron chi connectivity index (χ2n) is 5.07. The molecule has 1 aliphatic heterocycles. The summed E-state index contributed by atoms with van der Waals surface area (Å²) in [6.45, 7) is 0.0684. The second-order valence-corrected chi connectivity index (χ2v) is 5.07. The Bertz CT molecular complexity index is 802. The van der Waals surface area contributed by atoms with E-state index in [2.05, 4.69) is 5.32 Å². The second kappa shape index (κ2) is 5.96. The van der Waals surface area contributed by atoms with Gasteiger partial charge in [0.05, 0.1) is 0 Å². The van der Waals surface area contributed by atoms with Gasteiger partial charge < -0.3 is 15.2 Å². The molecule has 1 aliphatic rings. The molecule has 7 nitrogen and oxygen atoms in total. The number of aromatic hydroxyl groups is 1. The molecular weight excluding hydrogens is 300 g/mol. The van der Waals surface area contributed by atoms with Crippen LogP contribution in [0, 0.1) is 0 Å². The number of phenolic OH excluding ortho intramolecular Hbond substituents is 1. The number of carbonyl (C=O) groups excluding carboxylic acids is 3. The highest BCUT2D eigenvalue weighted by Crippen LogP contribution is 2.25. The molecule has 7 heteroatoms. The van der Waals surface area contributed by atoms with Gasteiger partial charge in [-0.25, -0.2) is 9.59 Å². The number of hydrogen-bond acceptors (Lipinski definition) is 5. The molecule has 1 fully saturated rings. The normalized spacial score (nSPS) is 13.9. The Balaban J connectivity index is 1.72. The Morgan fingerprint density at radius 2 is 1.91 bits per heavy atom. The van der Waals surface area contributed by atoms with Crippen molar-refractivity contribution in [2.24, 2.45) is 0 Å². The molecule has 2 aromatic rings. The molecule has 3 rings (SSSR count). The van der Waals surface area contributed by atoms with E-state index >= 15 is 0 Å². The lowest BCUT2D eigenvalue weighted by molar-refractivity contribution is -0.130. The Labute approximate surface area is 131 Å². The zero-order valence-electron chi connectivity index (χ0n) is 12.1. The van der Waals surface area contributed by atoms with Gasteiger partial charge in [-0.15, -0.1) is 0 Å². The minimum atomic E-state index is -0.818. The van der Waals surface area contributed by atoms with Crippen LogP contribution in [-0.2, 0) is 9.53 Å². The summed E-state index contributed by atoms with van der Waals surface area (Å²) >= 11 is 0. The lowest BCUT2D eigenvalue weighted by Crippen LogP contribution is -2.37. The number of imide groups is 1. The monoisotopic (exact) mass is 314 g/mol. The van der Waals surface area contributed by atoms with Crippen LogP contribution >= 0.6 is 0 Å². The molecule has 0 spiro atoms. The molecule has 23 heavy (non-hydrogen) atoms. The number of urea groups is 1. The summed E-state index contributed by atoms with van der Waals surface area (Å²) < 4.78 is 4.91. The average molecular weight is 314 g/mol. The van der Waals surface area contributed by atoms with E-state index < -0.39 is 24.5 Å².